The van der Waals surface area contributed by atoms with E-state index in [0.29, 0.717) is 26.3 Å². The molecule has 0 aliphatic carbocycles. The van der Waals surface area contributed by atoms with Gasteiger partial charge >= 0.3 is 0 Å². The van der Waals surface area contributed by atoms with E-state index in [1.807, 2.05) is 4.90 Å². The number of rotatable bonds is 2. The molecule has 1 aliphatic rings. The van der Waals surface area contributed by atoms with Crippen molar-refractivity contribution in [2.24, 2.45) is 0 Å². The number of nitrogens with zero attached hydrogens (tertiary/aromatic N) is 1. The van der Waals surface area contributed by atoms with Gasteiger partial charge in [0.25, 0.3) is 0 Å². The first-order chi connectivity index (χ1) is 8.09. The number of hydrogen-bond donors (Lipinski definition) is 0. The maximum atomic E-state index is 13.6. The molecule has 0 amide bonds. The summed E-state index contributed by atoms with van der Waals surface area (Å²) in [5, 5.41) is 0. The maximum absolute atomic E-state index is 13.6. The van der Waals surface area contributed by atoms with E-state index in [9.17, 15) is 13.2 Å². The minimum atomic E-state index is -0.891. The molecule has 1 heterocycles. The van der Waals surface area contributed by atoms with Gasteiger partial charge in [0, 0.05) is 36.8 Å². The lowest BCUT2D eigenvalue weighted by Gasteiger charge is -2.32. The van der Waals surface area contributed by atoms with E-state index in [0.717, 1.165) is 12.1 Å². The Morgan fingerprint density at radius 3 is 2.18 bits per heavy atom. The number of ether oxygens (including phenoxy) is 1. The first-order valence-electron chi connectivity index (χ1n) is 5.56. The minimum absolute atomic E-state index is 0.0756. The zero-order valence-electron chi connectivity index (χ0n) is 9.55. The van der Waals surface area contributed by atoms with E-state index in [1.165, 1.54) is 0 Å². The monoisotopic (exact) mass is 245 g/mol. The molecule has 2 rings (SSSR count). The topological polar surface area (TPSA) is 12.5 Å². The van der Waals surface area contributed by atoms with E-state index >= 15 is 0 Å². The third-order valence-electron chi connectivity index (χ3n) is 3.05. The van der Waals surface area contributed by atoms with Crippen LogP contribution in [0.5, 0.6) is 0 Å². The van der Waals surface area contributed by atoms with E-state index in [-0.39, 0.29) is 5.56 Å². The van der Waals surface area contributed by atoms with Gasteiger partial charge in [-0.15, -0.1) is 0 Å². The molecule has 0 bridgehead atoms. The van der Waals surface area contributed by atoms with Crippen LogP contribution in [0.2, 0.25) is 0 Å². The molecule has 0 aromatic heterocycles. The number of morpholine rings is 1. The normalized spacial score (nSPS) is 19.3. The zero-order chi connectivity index (χ0) is 12.4. The van der Waals surface area contributed by atoms with Crippen molar-refractivity contribution in [2.75, 3.05) is 26.3 Å². The molecule has 1 fully saturated rings. The molecular formula is C12H14F3NO. The van der Waals surface area contributed by atoms with Gasteiger partial charge in [0.05, 0.1) is 13.2 Å². The third-order valence-corrected chi connectivity index (χ3v) is 3.05. The number of halogens is 3. The largest absolute Gasteiger partial charge is 0.379 e. The molecule has 17 heavy (non-hydrogen) atoms. The van der Waals surface area contributed by atoms with Gasteiger partial charge in [0.1, 0.15) is 17.5 Å². The van der Waals surface area contributed by atoms with E-state index in [2.05, 4.69) is 0 Å². The Bertz CT molecular complexity index is 382. The van der Waals surface area contributed by atoms with Crippen LogP contribution in [-0.4, -0.2) is 31.2 Å². The quantitative estimate of drug-likeness (QED) is 0.793. The minimum Gasteiger partial charge on any atom is -0.379 e. The highest BCUT2D eigenvalue weighted by Gasteiger charge is 2.24. The molecule has 2 nitrogen and oxygen atoms in total. The lowest BCUT2D eigenvalue weighted by Crippen LogP contribution is -2.38. The molecular weight excluding hydrogens is 231 g/mol. The molecule has 0 radical (unpaired) electrons. The molecule has 5 heteroatoms. The Morgan fingerprint density at radius 2 is 1.65 bits per heavy atom. The van der Waals surface area contributed by atoms with Gasteiger partial charge in [-0.1, -0.05) is 0 Å². The second-order valence-corrected chi connectivity index (χ2v) is 4.11. The van der Waals surface area contributed by atoms with Crippen LogP contribution in [0.25, 0.3) is 0 Å². The van der Waals surface area contributed by atoms with Gasteiger partial charge < -0.3 is 4.74 Å². The van der Waals surface area contributed by atoms with Crippen molar-refractivity contribution in [3.8, 4) is 0 Å². The predicted molar refractivity (Wildman–Crippen MR) is 57.1 cm³/mol. The fraction of sp³-hybridized carbons (Fsp3) is 0.500. The first kappa shape index (κ1) is 12.4. The van der Waals surface area contributed by atoms with Crippen LogP contribution in [0.3, 0.4) is 0 Å². The molecule has 1 aromatic rings. The number of benzene rings is 1. The summed E-state index contributed by atoms with van der Waals surface area (Å²) in [5.74, 6) is -2.55. The second kappa shape index (κ2) is 5.06. The van der Waals surface area contributed by atoms with Crippen molar-refractivity contribution in [1.82, 2.24) is 4.90 Å². The summed E-state index contributed by atoms with van der Waals surface area (Å²) in [6, 6.07) is 1.02. The highest BCUT2D eigenvalue weighted by Crippen LogP contribution is 2.27. The summed E-state index contributed by atoms with van der Waals surface area (Å²) in [7, 11) is 0. The van der Waals surface area contributed by atoms with Crippen LogP contribution in [0, 0.1) is 17.5 Å². The fourth-order valence-electron chi connectivity index (χ4n) is 2.10. The highest BCUT2D eigenvalue weighted by atomic mass is 19.1. The average Bonchev–Trinajstić information content (AvgIpc) is 2.28. The Kier molecular flexibility index (Phi) is 3.69. The van der Waals surface area contributed by atoms with E-state index in [1.54, 1.807) is 6.92 Å². The average molecular weight is 245 g/mol. The van der Waals surface area contributed by atoms with E-state index < -0.39 is 23.5 Å². The summed E-state index contributed by atoms with van der Waals surface area (Å²) in [5.41, 5.74) is -0.0756. The molecule has 1 saturated heterocycles. The molecule has 1 atom stereocenters. The number of hydrogen-bond acceptors (Lipinski definition) is 2. The van der Waals surface area contributed by atoms with Gasteiger partial charge in [-0.25, -0.2) is 13.2 Å². The summed E-state index contributed by atoms with van der Waals surface area (Å²) in [6.45, 7) is 4.06. The molecule has 0 saturated carbocycles. The Labute approximate surface area is 98.0 Å². The standard InChI is InChI=1S/C12H14F3NO/c1-8(16-2-4-17-5-3-16)12-10(14)6-9(13)7-11(12)15/h6-8H,2-5H2,1H3. The van der Waals surface area contributed by atoms with Gasteiger partial charge in [-0.3, -0.25) is 4.90 Å². The SMILES string of the molecule is CC(c1c(F)cc(F)cc1F)N1CCOCC1. The lowest BCUT2D eigenvalue weighted by molar-refractivity contribution is 0.0184. The van der Waals surface area contributed by atoms with Crippen LogP contribution in [0.1, 0.15) is 18.5 Å². The van der Waals surface area contributed by atoms with Crippen molar-refractivity contribution in [1.29, 1.82) is 0 Å². The van der Waals surface area contributed by atoms with Gasteiger partial charge in [0.15, 0.2) is 0 Å². The lowest BCUT2D eigenvalue weighted by atomic mass is 10.0. The van der Waals surface area contributed by atoms with Gasteiger partial charge in [-0.05, 0) is 6.92 Å². The summed E-state index contributed by atoms with van der Waals surface area (Å²) >= 11 is 0. The van der Waals surface area contributed by atoms with Crippen LogP contribution in [0.15, 0.2) is 12.1 Å². The van der Waals surface area contributed by atoms with Crippen molar-refractivity contribution in [3.05, 3.63) is 35.1 Å². The first-order valence-corrected chi connectivity index (χ1v) is 5.56. The third kappa shape index (κ3) is 2.61. The fourth-order valence-corrected chi connectivity index (χ4v) is 2.10. The molecule has 1 aromatic carbocycles. The van der Waals surface area contributed by atoms with Gasteiger partial charge in [-0.2, -0.15) is 0 Å². The second-order valence-electron chi connectivity index (χ2n) is 4.11. The van der Waals surface area contributed by atoms with Crippen LogP contribution < -0.4 is 0 Å². The maximum Gasteiger partial charge on any atom is 0.133 e. The molecule has 1 unspecified atom stereocenters. The molecule has 0 N–H and O–H groups in total. The van der Waals surface area contributed by atoms with Crippen molar-refractivity contribution in [2.45, 2.75) is 13.0 Å². The Hall–Kier alpha value is -1.07. The molecule has 1 aliphatic heterocycles. The summed E-state index contributed by atoms with van der Waals surface area (Å²) in [6.07, 6.45) is 0. The van der Waals surface area contributed by atoms with Crippen molar-refractivity contribution in [3.63, 3.8) is 0 Å². The smallest absolute Gasteiger partial charge is 0.133 e. The van der Waals surface area contributed by atoms with Crippen LogP contribution in [0.4, 0.5) is 13.2 Å². The summed E-state index contributed by atoms with van der Waals surface area (Å²) in [4.78, 5) is 1.92. The zero-order valence-corrected chi connectivity index (χ0v) is 9.55. The van der Waals surface area contributed by atoms with E-state index in [4.69, 9.17) is 4.74 Å². The predicted octanol–water partition coefficient (Wildman–Crippen LogP) is 2.50. The van der Waals surface area contributed by atoms with Gasteiger partial charge in [0.2, 0.25) is 0 Å². The molecule has 94 valence electrons. The molecule has 0 spiro atoms. The van der Waals surface area contributed by atoms with Crippen molar-refractivity contribution < 1.29 is 17.9 Å². The Balaban J connectivity index is 2.26. The Morgan fingerprint density at radius 1 is 1.12 bits per heavy atom. The van der Waals surface area contributed by atoms with Crippen LogP contribution in [-0.2, 0) is 4.74 Å². The van der Waals surface area contributed by atoms with Crippen LogP contribution >= 0.6 is 0 Å². The highest BCUT2D eigenvalue weighted by molar-refractivity contribution is 5.24. The summed E-state index contributed by atoms with van der Waals surface area (Å²) < 4.78 is 45.1. The van der Waals surface area contributed by atoms with Crippen molar-refractivity contribution >= 4 is 0 Å².